The highest BCUT2D eigenvalue weighted by molar-refractivity contribution is 5.82. The summed E-state index contributed by atoms with van der Waals surface area (Å²) in [6, 6.07) is 5.94. The number of nitrogens with one attached hydrogen (secondary N) is 1. The van der Waals surface area contributed by atoms with Crippen LogP contribution in [-0.2, 0) is 4.79 Å². The van der Waals surface area contributed by atoms with Crippen molar-refractivity contribution in [3.8, 4) is 5.75 Å². The molecule has 0 bridgehead atoms. The number of rotatable bonds is 3. The lowest BCUT2D eigenvalue weighted by Crippen LogP contribution is -2.42. The Morgan fingerprint density at radius 3 is 2.61 bits per heavy atom. The van der Waals surface area contributed by atoms with Gasteiger partial charge in [-0.05, 0) is 60.9 Å². The second-order valence-electron chi connectivity index (χ2n) is 6.29. The number of carbonyl (C=O) groups excluding carboxylic acids is 1. The highest BCUT2D eigenvalue weighted by Gasteiger charge is 2.31. The summed E-state index contributed by atoms with van der Waals surface area (Å²) in [6.07, 6.45) is 6.92. The van der Waals surface area contributed by atoms with Gasteiger partial charge in [0, 0.05) is 6.04 Å². The first-order valence-electron chi connectivity index (χ1n) is 7.89. The molecule has 4 N–H and O–H groups in total. The van der Waals surface area contributed by atoms with E-state index in [1.807, 2.05) is 12.2 Å². The molecule has 2 aliphatic carbocycles. The van der Waals surface area contributed by atoms with Crippen molar-refractivity contribution in [1.29, 1.82) is 0 Å². The summed E-state index contributed by atoms with van der Waals surface area (Å²) in [5, 5.41) is 31.9. The quantitative estimate of drug-likeness (QED) is 0.689. The number of aliphatic hydroxyl groups is 2. The number of phenolic OH excluding ortho intramolecular Hbond substituents is 1. The van der Waals surface area contributed by atoms with Crippen LogP contribution in [0.5, 0.6) is 5.75 Å². The number of aromatic hydroxyl groups is 1. The number of hydrogen-bond donors (Lipinski definition) is 4. The Kier molecular flexibility index (Phi) is 4.39. The van der Waals surface area contributed by atoms with Crippen molar-refractivity contribution in [2.75, 3.05) is 0 Å². The lowest BCUT2D eigenvalue weighted by atomic mass is 9.74. The van der Waals surface area contributed by atoms with Gasteiger partial charge in [0.1, 0.15) is 11.5 Å². The maximum absolute atomic E-state index is 12.2. The van der Waals surface area contributed by atoms with E-state index in [0.29, 0.717) is 11.5 Å². The van der Waals surface area contributed by atoms with Crippen LogP contribution < -0.4 is 5.32 Å². The molecule has 1 fully saturated rings. The molecular formula is C18H21NO4. The summed E-state index contributed by atoms with van der Waals surface area (Å²) in [6.45, 7) is 0. The van der Waals surface area contributed by atoms with E-state index in [-0.39, 0.29) is 23.5 Å². The first-order chi connectivity index (χ1) is 11.0. The number of aliphatic hydroxyl groups excluding tert-OH is 2. The van der Waals surface area contributed by atoms with Crippen LogP contribution in [0.1, 0.15) is 30.9 Å². The third kappa shape index (κ3) is 3.56. The molecule has 0 aliphatic heterocycles. The highest BCUT2D eigenvalue weighted by Crippen LogP contribution is 2.35. The van der Waals surface area contributed by atoms with Gasteiger partial charge in [0.2, 0.25) is 0 Å². The Balaban J connectivity index is 1.60. The summed E-state index contributed by atoms with van der Waals surface area (Å²) in [5.41, 5.74) is 0.451. The average Bonchev–Trinajstić information content (AvgIpc) is 2.54. The van der Waals surface area contributed by atoms with Crippen LogP contribution in [0.2, 0.25) is 0 Å². The van der Waals surface area contributed by atoms with Crippen molar-refractivity contribution in [2.24, 2.45) is 11.8 Å². The number of allylic oxidation sites excluding steroid dienone is 3. The number of carbonyl (C=O) groups is 1. The summed E-state index contributed by atoms with van der Waals surface area (Å²) in [5.74, 6) is 0.587. The van der Waals surface area contributed by atoms with E-state index in [1.165, 1.54) is 24.3 Å². The maximum atomic E-state index is 12.2. The van der Waals surface area contributed by atoms with E-state index in [4.69, 9.17) is 0 Å². The largest absolute Gasteiger partial charge is 0.508 e. The zero-order valence-electron chi connectivity index (χ0n) is 12.7. The van der Waals surface area contributed by atoms with E-state index >= 15 is 0 Å². The van der Waals surface area contributed by atoms with Crippen molar-refractivity contribution in [1.82, 2.24) is 5.32 Å². The third-order valence-electron chi connectivity index (χ3n) is 4.66. The second-order valence-corrected chi connectivity index (χ2v) is 6.29. The van der Waals surface area contributed by atoms with Gasteiger partial charge in [-0.2, -0.15) is 0 Å². The highest BCUT2D eigenvalue weighted by atomic mass is 16.3. The molecule has 5 heteroatoms. The zero-order valence-corrected chi connectivity index (χ0v) is 12.7. The Morgan fingerprint density at radius 1 is 1.13 bits per heavy atom. The minimum Gasteiger partial charge on any atom is -0.508 e. The molecule has 122 valence electrons. The molecule has 0 heterocycles. The summed E-state index contributed by atoms with van der Waals surface area (Å²) in [4.78, 5) is 12.2. The summed E-state index contributed by atoms with van der Waals surface area (Å²) >= 11 is 0. The fourth-order valence-corrected chi connectivity index (χ4v) is 3.38. The zero-order chi connectivity index (χ0) is 16.4. The Morgan fingerprint density at radius 2 is 1.87 bits per heavy atom. The summed E-state index contributed by atoms with van der Waals surface area (Å²) < 4.78 is 0. The van der Waals surface area contributed by atoms with Gasteiger partial charge in [-0.1, -0.05) is 18.2 Å². The van der Waals surface area contributed by atoms with Crippen LogP contribution in [0, 0.1) is 11.8 Å². The molecule has 0 aromatic heterocycles. The molecule has 1 aromatic rings. The topological polar surface area (TPSA) is 89.8 Å². The minimum absolute atomic E-state index is 0.00827. The van der Waals surface area contributed by atoms with Gasteiger partial charge in [0.05, 0.1) is 0 Å². The molecule has 4 atom stereocenters. The Bertz CT molecular complexity index is 635. The molecule has 1 aromatic carbocycles. The van der Waals surface area contributed by atoms with Crippen molar-refractivity contribution in [3.63, 3.8) is 0 Å². The molecule has 4 unspecified atom stereocenters. The van der Waals surface area contributed by atoms with Crippen molar-refractivity contribution >= 4 is 5.91 Å². The number of hydrogen-bond acceptors (Lipinski definition) is 4. The maximum Gasteiger partial charge on any atom is 0.253 e. The normalized spacial score (nSPS) is 27.7. The fraction of sp³-hybridized carbons (Fsp3) is 0.389. The third-order valence-corrected chi connectivity index (χ3v) is 4.66. The molecule has 1 amide bonds. The van der Waals surface area contributed by atoms with Gasteiger partial charge in [-0.15, -0.1) is 0 Å². The standard InChI is InChI=1S/C18H21NO4/c20-15-6-3-12(4-7-15)17(22)18(23)19-14-5-1-11-2-8-16(21)10-13(11)9-14/h2-4,6-8,10-11,13-14,17,20-22H,1,5,9H2,(H,19,23). The molecule has 23 heavy (non-hydrogen) atoms. The van der Waals surface area contributed by atoms with Crippen molar-refractivity contribution in [3.05, 3.63) is 53.8 Å². The number of phenols is 1. The lowest BCUT2D eigenvalue weighted by molar-refractivity contribution is -0.130. The van der Waals surface area contributed by atoms with Crippen LogP contribution in [0.15, 0.2) is 48.3 Å². The lowest BCUT2D eigenvalue weighted by Gasteiger charge is -2.35. The van der Waals surface area contributed by atoms with E-state index in [0.717, 1.165) is 19.3 Å². The summed E-state index contributed by atoms with van der Waals surface area (Å²) in [7, 11) is 0. The molecule has 3 rings (SSSR count). The van der Waals surface area contributed by atoms with Crippen LogP contribution in [0.3, 0.4) is 0 Å². The smallest absolute Gasteiger partial charge is 0.253 e. The molecule has 5 nitrogen and oxygen atoms in total. The minimum atomic E-state index is -1.25. The SMILES string of the molecule is O=C(NC1CCC2C=CC(O)=CC2C1)C(O)c1ccc(O)cc1. The van der Waals surface area contributed by atoms with Gasteiger partial charge in [0.25, 0.3) is 5.91 Å². The Labute approximate surface area is 135 Å². The van der Waals surface area contributed by atoms with Gasteiger partial charge in [-0.25, -0.2) is 0 Å². The van der Waals surface area contributed by atoms with E-state index in [9.17, 15) is 20.1 Å². The Hall–Kier alpha value is -2.27. The van der Waals surface area contributed by atoms with Crippen LogP contribution in [0.4, 0.5) is 0 Å². The predicted octanol–water partition coefficient (Wildman–Crippen LogP) is 2.34. The molecule has 0 spiro atoms. The molecular weight excluding hydrogens is 294 g/mol. The average molecular weight is 315 g/mol. The molecule has 1 saturated carbocycles. The number of amides is 1. The van der Waals surface area contributed by atoms with E-state index in [1.54, 1.807) is 6.08 Å². The molecule has 0 saturated heterocycles. The van der Waals surface area contributed by atoms with Gasteiger partial charge in [-0.3, -0.25) is 4.79 Å². The molecule has 0 radical (unpaired) electrons. The number of benzene rings is 1. The van der Waals surface area contributed by atoms with Crippen LogP contribution in [0.25, 0.3) is 0 Å². The van der Waals surface area contributed by atoms with Crippen LogP contribution in [-0.4, -0.2) is 27.3 Å². The van der Waals surface area contributed by atoms with Gasteiger partial charge in [0.15, 0.2) is 6.10 Å². The first-order valence-corrected chi connectivity index (χ1v) is 7.89. The fourth-order valence-electron chi connectivity index (χ4n) is 3.38. The molecule has 2 aliphatic rings. The van der Waals surface area contributed by atoms with E-state index < -0.39 is 12.0 Å². The van der Waals surface area contributed by atoms with Crippen molar-refractivity contribution < 1.29 is 20.1 Å². The monoisotopic (exact) mass is 315 g/mol. The first kappa shape index (κ1) is 15.6. The van der Waals surface area contributed by atoms with E-state index in [2.05, 4.69) is 5.32 Å². The van der Waals surface area contributed by atoms with Gasteiger partial charge < -0.3 is 20.6 Å². The second kappa shape index (κ2) is 6.46. The predicted molar refractivity (Wildman–Crippen MR) is 85.7 cm³/mol. The van der Waals surface area contributed by atoms with Crippen LogP contribution >= 0.6 is 0 Å². The van der Waals surface area contributed by atoms with Gasteiger partial charge >= 0.3 is 0 Å². The van der Waals surface area contributed by atoms with Crippen molar-refractivity contribution in [2.45, 2.75) is 31.4 Å². The number of fused-ring (bicyclic) bond motifs is 1.